The zero-order valence-electron chi connectivity index (χ0n) is 5.71. The van der Waals surface area contributed by atoms with Gasteiger partial charge in [0, 0.05) is 6.42 Å². The molecule has 0 aliphatic carbocycles. The first-order chi connectivity index (χ1) is 4.67. The minimum absolute atomic E-state index is 0.238. The molecule has 1 unspecified atom stereocenters. The maximum atomic E-state index is 11.1. The first-order valence-electron chi connectivity index (χ1n) is 3.32. The molecule has 0 saturated carbocycles. The molecule has 0 N–H and O–H groups in total. The fourth-order valence-corrected chi connectivity index (χ4v) is 3.00. The Kier molecular flexibility index (Phi) is 2.00. The maximum absolute atomic E-state index is 11.1. The minimum Gasteiger partial charge on any atom is -0.229 e. The summed E-state index contributed by atoms with van der Waals surface area (Å²) >= 11 is 0. The zero-order valence-corrected chi connectivity index (χ0v) is 6.52. The van der Waals surface area contributed by atoms with Gasteiger partial charge in [0.2, 0.25) is 0 Å². The van der Waals surface area contributed by atoms with Crippen LogP contribution in [-0.4, -0.2) is 19.4 Å². The third-order valence-corrected chi connectivity index (χ3v) is 4.08. The van der Waals surface area contributed by atoms with E-state index >= 15 is 0 Å². The summed E-state index contributed by atoms with van der Waals surface area (Å²) in [6.07, 6.45) is 6.95. The van der Waals surface area contributed by atoms with Crippen molar-refractivity contribution in [2.24, 2.45) is 0 Å². The Labute approximate surface area is 61.5 Å². The minimum atomic E-state index is -2.79. The standard InChI is InChI=1S/C7H10O2S/c1-2-4-7-5-3-6-10(7,8)9/h1,7H,3-6H2. The largest absolute Gasteiger partial charge is 0.229 e. The lowest BCUT2D eigenvalue weighted by molar-refractivity contribution is 0.590. The van der Waals surface area contributed by atoms with Crippen molar-refractivity contribution >= 4 is 9.84 Å². The quantitative estimate of drug-likeness (QED) is 0.523. The fraction of sp³-hybridized carbons (Fsp3) is 0.714. The lowest BCUT2D eigenvalue weighted by Gasteiger charge is -2.01. The van der Waals surface area contributed by atoms with Crippen LogP contribution in [0.15, 0.2) is 0 Å². The van der Waals surface area contributed by atoms with Crippen LogP contribution in [0.3, 0.4) is 0 Å². The van der Waals surface area contributed by atoms with Crippen LogP contribution in [0.4, 0.5) is 0 Å². The highest BCUT2D eigenvalue weighted by molar-refractivity contribution is 7.92. The molecule has 2 nitrogen and oxygen atoms in total. The Balaban J connectivity index is 2.72. The van der Waals surface area contributed by atoms with Crippen molar-refractivity contribution in [3.05, 3.63) is 0 Å². The summed E-state index contributed by atoms with van der Waals surface area (Å²) in [6.45, 7) is 0. The molecule has 0 aromatic carbocycles. The van der Waals surface area contributed by atoms with Gasteiger partial charge in [0.15, 0.2) is 9.84 Å². The van der Waals surface area contributed by atoms with Crippen molar-refractivity contribution in [1.82, 2.24) is 0 Å². The molecule has 0 aromatic heterocycles. The molecule has 0 spiro atoms. The predicted molar refractivity (Wildman–Crippen MR) is 40.3 cm³/mol. The van der Waals surface area contributed by atoms with E-state index in [1.165, 1.54) is 0 Å². The van der Waals surface area contributed by atoms with Crippen molar-refractivity contribution in [3.63, 3.8) is 0 Å². The van der Waals surface area contributed by atoms with E-state index in [2.05, 4.69) is 5.92 Å². The van der Waals surface area contributed by atoms with Crippen LogP contribution in [-0.2, 0) is 9.84 Å². The summed E-state index contributed by atoms with van der Waals surface area (Å²) < 4.78 is 22.1. The third-order valence-electron chi connectivity index (χ3n) is 1.81. The summed E-state index contributed by atoms with van der Waals surface area (Å²) in [4.78, 5) is 0. The first kappa shape index (κ1) is 7.62. The Morgan fingerprint density at radius 1 is 1.60 bits per heavy atom. The van der Waals surface area contributed by atoms with Crippen molar-refractivity contribution < 1.29 is 8.42 Å². The van der Waals surface area contributed by atoms with Gasteiger partial charge in [-0.15, -0.1) is 12.3 Å². The Morgan fingerprint density at radius 3 is 2.70 bits per heavy atom. The lowest BCUT2D eigenvalue weighted by Crippen LogP contribution is -2.14. The Hall–Kier alpha value is -0.490. The molecule has 56 valence electrons. The second-order valence-corrected chi connectivity index (χ2v) is 4.94. The number of hydrogen-bond acceptors (Lipinski definition) is 2. The molecule has 0 radical (unpaired) electrons. The van der Waals surface area contributed by atoms with E-state index in [0.717, 1.165) is 12.8 Å². The van der Waals surface area contributed by atoms with E-state index in [-0.39, 0.29) is 5.25 Å². The average molecular weight is 158 g/mol. The van der Waals surface area contributed by atoms with Crippen LogP contribution < -0.4 is 0 Å². The normalized spacial score (nSPS) is 29.7. The van der Waals surface area contributed by atoms with Gasteiger partial charge in [-0.05, 0) is 12.8 Å². The second kappa shape index (κ2) is 2.63. The highest BCUT2D eigenvalue weighted by Gasteiger charge is 2.29. The molecule has 1 heterocycles. The van der Waals surface area contributed by atoms with Crippen LogP contribution in [0, 0.1) is 12.3 Å². The molecule has 0 bridgehead atoms. The molecule has 1 rings (SSSR count). The van der Waals surface area contributed by atoms with Crippen LogP contribution in [0.1, 0.15) is 19.3 Å². The summed E-state index contributed by atoms with van der Waals surface area (Å²) in [6, 6.07) is 0. The highest BCUT2D eigenvalue weighted by atomic mass is 32.2. The zero-order chi connectivity index (χ0) is 7.61. The predicted octanol–water partition coefficient (Wildman–Crippen LogP) is 0.587. The molecule has 1 saturated heterocycles. The van der Waals surface area contributed by atoms with Gasteiger partial charge < -0.3 is 0 Å². The van der Waals surface area contributed by atoms with Crippen LogP contribution in [0.25, 0.3) is 0 Å². The van der Waals surface area contributed by atoms with Gasteiger partial charge in [-0.25, -0.2) is 8.42 Å². The molecule has 1 aliphatic rings. The molecule has 1 atom stereocenters. The van der Waals surface area contributed by atoms with E-state index in [9.17, 15) is 8.42 Å². The molecule has 0 amide bonds. The van der Waals surface area contributed by atoms with Gasteiger partial charge in [0.05, 0.1) is 11.0 Å². The molecule has 0 aromatic rings. The Morgan fingerprint density at radius 2 is 2.30 bits per heavy atom. The van der Waals surface area contributed by atoms with Gasteiger partial charge in [-0.1, -0.05) is 0 Å². The van der Waals surface area contributed by atoms with Crippen LogP contribution >= 0.6 is 0 Å². The summed E-state index contributed by atoms with van der Waals surface area (Å²) in [5.41, 5.74) is 0. The van der Waals surface area contributed by atoms with E-state index in [0.29, 0.717) is 12.2 Å². The number of sulfone groups is 1. The van der Waals surface area contributed by atoms with Gasteiger partial charge >= 0.3 is 0 Å². The van der Waals surface area contributed by atoms with Crippen molar-refractivity contribution in [1.29, 1.82) is 0 Å². The second-order valence-electron chi connectivity index (χ2n) is 2.54. The highest BCUT2D eigenvalue weighted by Crippen LogP contribution is 2.21. The average Bonchev–Trinajstić information content (AvgIpc) is 2.13. The number of hydrogen-bond donors (Lipinski definition) is 0. The topological polar surface area (TPSA) is 34.1 Å². The van der Waals surface area contributed by atoms with Gasteiger partial charge in [0.1, 0.15) is 0 Å². The van der Waals surface area contributed by atoms with E-state index in [1.54, 1.807) is 0 Å². The smallest absolute Gasteiger partial charge is 0.154 e. The molecule has 3 heteroatoms. The van der Waals surface area contributed by atoms with Gasteiger partial charge in [0.25, 0.3) is 0 Å². The monoisotopic (exact) mass is 158 g/mol. The molecule has 10 heavy (non-hydrogen) atoms. The molecular weight excluding hydrogens is 148 g/mol. The SMILES string of the molecule is C#CCC1CCCS1(=O)=O. The van der Waals surface area contributed by atoms with Crippen LogP contribution in [0.5, 0.6) is 0 Å². The van der Waals surface area contributed by atoms with Gasteiger partial charge in [-0.3, -0.25) is 0 Å². The fourth-order valence-electron chi connectivity index (χ4n) is 1.22. The molecule has 1 fully saturated rings. The number of terminal acetylenes is 1. The maximum Gasteiger partial charge on any atom is 0.154 e. The third kappa shape index (κ3) is 1.32. The van der Waals surface area contributed by atoms with E-state index in [1.807, 2.05) is 0 Å². The van der Waals surface area contributed by atoms with Crippen molar-refractivity contribution in [2.75, 3.05) is 5.75 Å². The lowest BCUT2D eigenvalue weighted by atomic mass is 10.2. The molecular formula is C7H10O2S. The molecule has 1 aliphatic heterocycles. The first-order valence-corrected chi connectivity index (χ1v) is 5.03. The van der Waals surface area contributed by atoms with Gasteiger partial charge in [-0.2, -0.15) is 0 Å². The van der Waals surface area contributed by atoms with E-state index < -0.39 is 9.84 Å². The van der Waals surface area contributed by atoms with Crippen molar-refractivity contribution in [3.8, 4) is 12.3 Å². The summed E-state index contributed by atoms with van der Waals surface area (Å²) in [5, 5.41) is -0.238. The number of rotatable bonds is 1. The van der Waals surface area contributed by atoms with Crippen molar-refractivity contribution in [2.45, 2.75) is 24.5 Å². The Bertz CT molecular complexity index is 245. The van der Waals surface area contributed by atoms with Crippen LogP contribution in [0.2, 0.25) is 0 Å². The van der Waals surface area contributed by atoms with E-state index in [4.69, 9.17) is 6.42 Å². The summed E-state index contributed by atoms with van der Waals surface area (Å²) in [7, 11) is -2.79. The summed E-state index contributed by atoms with van der Waals surface area (Å²) in [5.74, 6) is 2.72.